The summed E-state index contributed by atoms with van der Waals surface area (Å²) in [4.78, 5) is 2.25. The van der Waals surface area contributed by atoms with Crippen LogP contribution in [0.4, 0.5) is 5.69 Å². The number of rotatable bonds is 3. The van der Waals surface area contributed by atoms with Crippen molar-refractivity contribution in [1.82, 2.24) is 0 Å². The van der Waals surface area contributed by atoms with E-state index in [-0.39, 0.29) is 6.61 Å². The third-order valence-electron chi connectivity index (χ3n) is 3.58. The molecule has 2 atom stereocenters. The highest BCUT2D eigenvalue weighted by Crippen LogP contribution is 2.30. The maximum absolute atomic E-state index is 9.55. The molecule has 1 heterocycles. The second-order valence-corrected chi connectivity index (χ2v) is 5.43. The van der Waals surface area contributed by atoms with E-state index in [9.17, 15) is 10.2 Å². The van der Waals surface area contributed by atoms with Crippen LogP contribution in [-0.2, 0) is 0 Å². The molecule has 0 bridgehead atoms. The fraction of sp³-hybridized carbons (Fsp3) is 0.571. The molecule has 1 aromatic carbocycles. The number of hydrogen-bond acceptors (Lipinski definition) is 3. The van der Waals surface area contributed by atoms with Gasteiger partial charge in [0.05, 0.1) is 6.10 Å². The number of aliphatic hydroxyl groups is 2. The Morgan fingerprint density at radius 1 is 1.50 bits per heavy atom. The van der Waals surface area contributed by atoms with Gasteiger partial charge in [-0.1, -0.05) is 17.7 Å². The monoisotopic (exact) mass is 269 g/mol. The van der Waals surface area contributed by atoms with Crippen molar-refractivity contribution in [3.8, 4) is 0 Å². The topological polar surface area (TPSA) is 43.7 Å². The van der Waals surface area contributed by atoms with Gasteiger partial charge in [0.15, 0.2) is 0 Å². The molecule has 0 saturated carbocycles. The third kappa shape index (κ3) is 2.97. The first-order valence-corrected chi connectivity index (χ1v) is 6.83. The molecule has 0 radical (unpaired) electrons. The fourth-order valence-electron chi connectivity index (χ4n) is 2.50. The Hall–Kier alpha value is -0.770. The van der Waals surface area contributed by atoms with Gasteiger partial charge in [-0.15, -0.1) is 0 Å². The predicted molar refractivity (Wildman–Crippen MR) is 74.1 cm³/mol. The minimum atomic E-state index is -0.543. The van der Waals surface area contributed by atoms with E-state index < -0.39 is 6.10 Å². The highest BCUT2D eigenvalue weighted by atomic mass is 35.5. The van der Waals surface area contributed by atoms with Gasteiger partial charge in [0.25, 0.3) is 0 Å². The molecule has 100 valence electrons. The lowest BCUT2D eigenvalue weighted by Crippen LogP contribution is -2.36. The molecule has 0 aromatic heterocycles. The quantitative estimate of drug-likeness (QED) is 0.887. The summed E-state index contributed by atoms with van der Waals surface area (Å²) in [7, 11) is 0. The fourth-order valence-corrected chi connectivity index (χ4v) is 2.83. The van der Waals surface area contributed by atoms with E-state index >= 15 is 0 Å². The average Bonchev–Trinajstić information content (AvgIpc) is 2.38. The molecule has 1 fully saturated rings. The van der Waals surface area contributed by atoms with Crippen LogP contribution in [0.1, 0.15) is 31.4 Å². The predicted octanol–water partition coefficient (Wildman–Crippen LogP) is 2.60. The summed E-state index contributed by atoms with van der Waals surface area (Å²) >= 11 is 6.18. The van der Waals surface area contributed by atoms with E-state index in [2.05, 4.69) is 4.90 Å². The van der Waals surface area contributed by atoms with Crippen molar-refractivity contribution in [2.75, 3.05) is 24.6 Å². The first kappa shape index (κ1) is 13.7. The zero-order chi connectivity index (χ0) is 13.1. The van der Waals surface area contributed by atoms with E-state index in [1.165, 1.54) is 0 Å². The van der Waals surface area contributed by atoms with Crippen molar-refractivity contribution < 1.29 is 10.2 Å². The highest BCUT2D eigenvalue weighted by molar-refractivity contribution is 6.31. The summed E-state index contributed by atoms with van der Waals surface area (Å²) in [5.74, 6) is 0.356. The molecular weight excluding hydrogens is 250 g/mol. The van der Waals surface area contributed by atoms with Crippen LogP contribution in [-0.4, -0.2) is 29.9 Å². The summed E-state index contributed by atoms with van der Waals surface area (Å²) in [5, 5.41) is 19.4. The molecule has 2 N–H and O–H groups in total. The largest absolute Gasteiger partial charge is 0.396 e. The smallest absolute Gasteiger partial charge is 0.0776 e. The molecule has 2 unspecified atom stereocenters. The van der Waals surface area contributed by atoms with Crippen LogP contribution in [0.2, 0.25) is 5.02 Å². The number of hydrogen-bond donors (Lipinski definition) is 2. The van der Waals surface area contributed by atoms with Crippen molar-refractivity contribution in [3.05, 3.63) is 28.8 Å². The summed E-state index contributed by atoms with van der Waals surface area (Å²) < 4.78 is 0. The number of aliphatic hydroxyl groups excluding tert-OH is 2. The number of nitrogens with zero attached hydrogens (tertiary/aromatic N) is 1. The average molecular weight is 270 g/mol. The van der Waals surface area contributed by atoms with E-state index in [1.54, 1.807) is 6.92 Å². The van der Waals surface area contributed by atoms with Gasteiger partial charge in [0.1, 0.15) is 0 Å². The van der Waals surface area contributed by atoms with E-state index in [1.807, 2.05) is 18.2 Å². The van der Waals surface area contributed by atoms with Gasteiger partial charge in [0, 0.05) is 30.4 Å². The molecule has 4 heteroatoms. The molecule has 3 nitrogen and oxygen atoms in total. The highest BCUT2D eigenvalue weighted by Gasteiger charge is 2.20. The summed E-state index contributed by atoms with van der Waals surface area (Å²) in [6.07, 6.45) is 1.64. The molecule has 1 aromatic rings. The maximum atomic E-state index is 9.55. The van der Waals surface area contributed by atoms with Gasteiger partial charge >= 0.3 is 0 Å². The molecule has 2 rings (SSSR count). The second-order valence-electron chi connectivity index (χ2n) is 5.02. The van der Waals surface area contributed by atoms with Crippen LogP contribution in [0, 0.1) is 5.92 Å². The molecule has 0 amide bonds. The molecule has 0 spiro atoms. The number of halogens is 1. The van der Waals surface area contributed by atoms with Gasteiger partial charge < -0.3 is 15.1 Å². The summed E-state index contributed by atoms with van der Waals surface area (Å²) in [6.45, 7) is 3.83. The van der Waals surface area contributed by atoms with Crippen LogP contribution < -0.4 is 4.90 Å². The van der Waals surface area contributed by atoms with Crippen molar-refractivity contribution in [1.29, 1.82) is 0 Å². The van der Waals surface area contributed by atoms with E-state index in [0.717, 1.165) is 37.2 Å². The lowest BCUT2D eigenvalue weighted by atomic mass is 9.98. The van der Waals surface area contributed by atoms with Crippen LogP contribution in [0.5, 0.6) is 0 Å². The first-order chi connectivity index (χ1) is 8.61. The maximum Gasteiger partial charge on any atom is 0.0776 e. The molecule has 1 aliphatic rings. The lowest BCUT2D eigenvalue weighted by Gasteiger charge is -2.34. The van der Waals surface area contributed by atoms with Gasteiger partial charge in [0.2, 0.25) is 0 Å². The first-order valence-electron chi connectivity index (χ1n) is 6.45. The third-order valence-corrected chi connectivity index (χ3v) is 3.90. The lowest BCUT2D eigenvalue weighted by molar-refractivity contribution is 0.199. The Kier molecular flexibility index (Phi) is 4.49. The minimum absolute atomic E-state index is 0.246. The van der Waals surface area contributed by atoms with E-state index in [4.69, 9.17) is 11.6 Å². The Balaban J connectivity index is 2.16. The number of benzene rings is 1. The molecule has 1 aliphatic heterocycles. The zero-order valence-electron chi connectivity index (χ0n) is 10.6. The van der Waals surface area contributed by atoms with Crippen molar-refractivity contribution in [2.45, 2.75) is 25.9 Å². The molecule has 18 heavy (non-hydrogen) atoms. The van der Waals surface area contributed by atoms with Crippen LogP contribution in [0.25, 0.3) is 0 Å². The van der Waals surface area contributed by atoms with Crippen molar-refractivity contribution >= 4 is 17.3 Å². The Morgan fingerprint density at radius 3 is 2.89 bits per heavy atom. The Labute approximate surface area is 113 Å². The van der Waals surface area contributed by atoms with Gasteiger partial charge in [-0.25, -0.2) is 0 Å². The van der Waals surface area contributed by atoms with Gasteiger partial charge in [-0.05, 0) is 43.4 Å². The Bertz CT molecular complexity index is 409. The van der Waals surface area contributed by atoms with Crippen LogP contribution >= 0.6 is 11.6 Å². The normalized spacial score (nSPS) is 22.0. The van der Waals surface area contributed by atoms with Crippen LogP contribution in [0.3, 0.4) is 0 Å². The second kappa shape index (κ2) is 5.91. The van der Waals surface area contributed by atoms with Gasteiger partial charge in [-0.2, -0.15) is 0 Å². The van der Waals surface area contributed by atoms with Crippen molar-refractivity contribution in [2.24, 2.45) is 5.92 Å². The minimum Gasteiger partial charge on any atom is -0.396 e. The summed E-state index contributed by atoms with van der Waals surface area (Å²) in [6, 6.07) is 5.78. The molecular formula is C14H20ClNO2. The standard InChI is InChI=1S/C14H20ClNO2/c1-10(18)13-5-4-12(7-14(13)15)16-6-2-3-11(8-16)9-17/h4-5,7,10-11,17-18H,2-3,6,8-9H2,1H3. The van der Waals surface area contributed by atoms with E-state index in [0.29, 0.717) is 10.9 Å². The molecule has 1 saturated heterocycles. The SMILES string of the molecule is CC(O)c1ccc(N2CCCC(CO)C2)cc1Cl. The summed E-state index contributed by atoms with van der Waals surface area (Å²) in [5.41, 5.74) is 1.83. The zero-order valence-corrected chi connectivity index (χ0v) is 11.4. The number of anilines is 1. The number of piperidine rings is 1. The van der Waals surface area contributed by atoms with Crippen LogP contribution in [0.15, 0.2) is 18.2 Å². The van der Waals surface area contributed by atoms with Gasteiger partial charge in [-0.3, -0.25) is 0 Å². The Morgan fingerprint density at radius 2 is 2.28 bits per heavy atom. The molecule has 0 aliphatic carbocycles. The van der Waals surface area contributed by atoms with Crippen molar-refractivity contribution in [3.63, 3.8) is 0 Å².